The van der Waals surface area contributed by atoms with Gasteiger partial charge in [-0.15, -0.1) is 4.98 Å². The van der Waals surface area contributed by atoms with Crippen LogP contribution in [0.5, 0.6) is 12.0 Å². The Balaban J connectivity index is 2.73. The van der Waals surface area contributed by atoms with Crippen molar-refractivity contribution in [2.45, 2.75) is 0 Å². The summed E-state index contributed by atoms with van der Waals surface area (Å²) in [6, 6.07) is 0.244. The van der Waals surface area contributed by atoms with Crippen molar-refractivity contribution >= 4 is 11.9 Å². The Labute approximate surface area is 99.0 Å². The Bertz CT molecular complexity index is 374. The standard InChI is InChI=1S/C9H15N5O3/c1-14(2)6(15)5-10-7-11-8(16-3)13-9(12-7)17-4/h5H2,1-4H3,(H,10,11,12,13). The molecule has 1 N–H and O–H groups in total. The second kappa shape index (κ2) is 5.83. The molecule has 1 heterocycles. The van der Waals surface area contributed by atoms with Gasteiger partial charge in [0, 0.05) is 14.1 Å². The topological polar surface area (TPSA) is 89.5 Å². The molecule has 1 amide bonds. The van der Waals surface area contributed by atoms with Crippen molar-refractivity contribution in [3.63, 3.8) is 0 Å². The molecule has 0 saturated carbocycles. The molecular formula is C9H15N5O3. The zero-order valence-corrected chi connectivity index (χ0v) is 10.2. The molecule has 0 saturated heterocycles. The third-order valence-electron chi connectivity index (χ3n) is 1.86. The van der Waals surface area contributed by atoms with Crippen LogP contribution in [0.1, 0.15) is 0 Å². The largest absolute Gasteiger partial charge is 0.467 e. The van der Waals surface area contributed by atoms with E-state index in [1.807, 2.05) is 0 Å². The van der Waals surface area contributed by atoms with Gasteiger partial charge in [0.2, 0.25) is 11.9 Å². The van der Waals surface area contributed by atoms with Gasteiger partial charge >= 0.3 is 12.0 Å². The van der Waals surface area contributed by atoms with Crippen LogP contribution in [0.4, 0.5) is 5.95 Å². The fraction of sp³-hybridized carbons (Fsp3) is 0.556. The van der Waals surface area contributed by atoms with E-state index in [4.69, 9.17) is 9.47 Å². The predicted molar refractivity (Wildman–Crippen MR) is 60.1 cm³/mol. The lowest BCUT2D eigenvalue weighted by molar-refractivity contribution is -0.126. The summed E-state index contributed by atoms with van der Waals surface area (Å²) >= 11 is 0. The molecule has 1 aromatic heterocycles. The van der Waals surface area contributed by atoms with Crippen molar-refractivity contribution in [3.05, 3.63) is 0 Å². The van der Waals surface area contributed by atoms with Gasteiger partial charge in [-0.05, 0) is 0 Å². The maximum atomic E-state index is 11.4. The van der Waals surface area contributed by atoms with Gasteiger partial charge in [0.15, 0.2) is 0 Å². The fourth-order valence-electron chi connectivity index (χ4n) is 0.912. The quantitative estimate of drug-likeness (QED) is 0.735. The van der Waals surface area contributed by atoms with Gasteiger partial charge in [0.25, 0.3) is 0 Å². The summed E-state index contributed by atoms with van der Waals surface area (Å²) in [5.41, 5.74) is 0. The predicted octanol–water partition coefficient (Wildman–Crippen LogP) is -0.611. The molecule has 0 aliphatic rings. The molecule has 0 fully saturated rings. The van der Waals surface area contributed by atoms with Gasteiger partial charge in [-0.2, -0.15) is 9.97 Å². The Morgan fingerprint density at radius 1 is 1.18 bits per heavy atom. The first-order valence-corrected chi connectivity index (χ1v) is 4.85. The number of rotatable bonds is 5. The number of hydrogen-bond donors (Lipinski definition) is 1. The third kappa shape index (κ3) is 3.74. The van der Waals surface area contributed by atoms with Crippen LogP contribution in [0.15, 0.2) is 0 Å². The van der Waals surface area contributed by atoms with Gasteiger partial charge in [0.05, 0.1) is 20.8 Å². The molecule has 8 nitrogen and oxygen atoms in total. The molecule has 8 heteroatoms. The molecule has 0 spiro atoms. The zero-order valence-electron chi connectivity index (χ0n) is 10.2. The van der Waals surface area contributed by atoms with Crippen LogP contribution in [-0.4, -0.2) is 60.6 Å². The average Bonchev–Trinajstić information content (AvgIpc) is 2.35. The number of nitrogens with one attached hydrogen (secondary N) is 1. The zero-order chi connectivity index (χ0) is 12.8. The highest BCUT2D eigenvalue weighted by Gasteiger charge is 2.09. The molecule has 1 aromatic rings. The summed E-state index contributed by atoms with van der Waals surface area (Å²) in [5.74, 6) is 0.132. The third-order valence-corrected chi connectivity index (χ3v) is 1.86. The highest BCUT2D eigenvalue weighted by atomic mass is 16.5. The minimum absolute atomic E-state index is 0.0866. The summed E-state index contributed by atoms with van der Waals surface area (Å²) in [7, 11) is 6.20. The Hall–Kier alpha value is -2.12. The summed E-state index contributed by atoms with van der Waals surface area (Å²) in [5, 5.41) is 2.76. The van der Waals surface area contributed by atoms with E-state index in [9.17, 15) is 4.79 Å². The maximum absolute atomic E-state index is 11.4. The molecule has 0 unspecified atom stereocenters. The van der Waals surface area contributed by atoms with Gasteiger partial charge in [0.1, 0.15) is 0 Å². The molecule has 0 bridgehead atoms. The van der Waals surface area contributed by atoms with Crippen LogP contribution in [-0.2, 0) is 4.79 Å². The van der Waals surface area contributed by atoms with Crippen molar-refractivity contribution in [3.8, 4) is 12.0 Å². The Morgan fingerprint density at radius 3 is 2.12 bits per heavy atom. The first-order chi connectivity index (χ1) is 8.06. The Morgan fingerprint density at radius 2 is 1.71 bits per heavy atom. The van der Waals surface area contributed by atoms with Crippen LogP contribution < -0.4 is 14.8 Å². The lowest BCUT2D eigenvalue weighted by atomic mass is 10.5. The van der Waals surface area contributed by atoms with E-state index in [0.29, 0.717) is 0 Å². The lowest BCUT2D eigenvalue weighted by Crippen LogP contribution is -2.29. The van der Waals surface area contributed by atoms with Crippen molar-refractivity contribution in [1.29, 1.82) is 0 Å². The molecule has 0 atom stereocenters. The van der Waals surface area contributed by atoms with E-state index in [1.165, 1.54) is 19.1 Å². The molecule has 0 aromatic carbocycles. The van der Waals surface area contributed by atoms with Gasteiger partial charge in [-0.1, -0.05) is 0 Å². The van der Waals surface area contributed by atoms with E-state index >= 15 is 0 Å². The SMILES string of the molecule is COc1nc(NCC(=O)N(C)C)nc(OC)n1. The van der Waals surface area contributed by atoms with Gasteiger partial charge in [-0.25, -0.2) is 0 Å². The van der Waals surface area contributed by atoms with Crippen molar-refractivity contribution < 1.29 is 14.3 Å². The van der Waals surface area contributed by atoms with E-state index in [1.54, 1.807) is 14.1 Å². The lowest BCUT2D eigenvalue weighted by Gasteiger charge is -2.11. The van der Waals surface area contributed by atoms with Crippen LogP contribution in [0.3, 0.4) is 0 Å². The van der Waals surface area contributed by atoms with Crippen molar-refractivity contribution in [1.82, 2.24) is 19.9 Å². The van der Waals surface area contributed by atoms with E-state index in [0.717, 1.165) is 0 Å². The van der Waals surface area contributed by atoms with Crippen molar-refractivity contribution in [2.75, 3.05) is 40.2 Å². The van der Waals surface area contributed by atoms with E-state index in [2.05, 4.69) is 20.3 Å². The van der Waals surface area contributed by atoms with Gasteiger partial charge < -0.3 is 19.7 Å². The highest BCUT2D eigenvalue weighted by molar-refractivity contribution is 5.79. The first-order valence-electron chi connectivity index (χ1n) is 4.85. The number of ether oxygens (including phenoxy) is 2. The minimum atomic E-state index is -0.0941. The molecule has 0 aliphatic heterocycles. The Kier molecular flexibility index (Phi) is 4.44. The van der Waals surface area contributed by atoms with Crippen LogP contribution >= 0.6 is 0 Å². The van der Waals surface area contributed by atoms with Gasteiger partial charge in [-0.3, -0.25) is 4.79 Å². The normalized spacial score (nSPS) is 9.65. The molecule has 94 valence electrons. The second-order valence-corrected chi connectivity index (χ2v) is 3.27. The number of carbonyl (C=O) groups excluding carboxylic acids is 1. The number of hydrogen-bond acceptors (Lipinski definition) is 7. The number of amides is 1. The molecule has 17 heavy (non-hydrogen) atoms. The monoisotopic (exact) mass is 241 g/mol. The van der Waals surface area contributed by atoms with Crippen molar-refractivity contribution in [2.24, 2.45) is 0 Å². The average molecular weight is 241 g/mol. The summed E-state index contributed by atoms with van der Waals surface area (Å²) < 4.78 is 9.75. The van der Waals surface area contributed by atoms with E-state index in [-0.39, 0.29) is 30.4 Å². The molecule has 0 radical (unpaired) electrons. The molecule has 1 rings (SSSR count). The number of likely N-dealkylation sites (N-methyl/N-ethyl adjacent to an activating group) is 1. The number of methoxy groups -OCH3 is 2. The summed E-state index contributed by atoms with van der Waals surface area (Å²) in [6.45, 7) is 0.0866. The highest BCUT2D eigenvalue weighted by Crippen LogP contribution is 2.11. The van der Waals surface area contributed by atoms with Crippen LogP contribution in [0.25, 0.3) is 0 Å². The summed E-state index contributed by atoms with van der Waals surface area (Å²) in [4.78, 5) is 24.5. The summed E-state index contributed by atoms with van der Waals surface area (Å²) in [6.07, 6.45) is 0. The number of nitrogens with zero attached hydrogens (tertiary/aromatic N) is 4. The first kappa shape index (κ1) is 12.9. The maximum Gasteiger partial charge on any atom is 0.324 e. The molecular weight excluding hydrogens is 226 g/mol. The second-order valence-electron chi connectivity index (χ2n) is 3.27. The minimum Gasteiger partial charge on any atom is -0.467 e. The fourth-order valence-corrected chi connectivity index (χ4v) is 0.912. The number of carbonyl (C=O) groups is 1. The number of anilines is 1. The number of aromatic nitrogens is 3. The van der Waals surface area contributed by atoms with Crippen LogP contribution in [0, 0.1) is 0 Å². The molecule has 0 aliphatic carbocycles. The van der Waals surface area contributed by atoms with E-state index < -0.39 is 0 Å². The van der Waals surface area contributed by atoms with Crippen LogP contribution in [0.2, 0.25) is 0 Å². The smallest absolute Gasteiger partial charge is 0.324 e.